The number of nitrogens with zero attached hydrogens (tertiary/aromatic N) is 3. The molecule has 1 aromatic carbocycles. The van der Waals surface area contributed by atoms with Gasteiger partial charge in [-0.3, -0.25) is 14.9 Å². The molecule has 0 unspecified atom stereocenters. The lowest BCUT2D eigenvalue weighted by atomic mass is 10.1. The average Bonchev–Trinajstić information content (AvgIpc) is 2.33. The van der Waals surface area contributed by atoms with Crippen LogP contribution in [0.1, 0.15) is 10.4 Å². The van der Waals surface area contributed by atoms with E-state index in [1.165, 1.54) is 23.1 Å². The topological polar surface area (TPSA) is 86.9 Å². The number of hydrogen-bond acceptors (Lipinski definition) is 5. The molecule has 0 spiro atoms. The normalized spacial score (nSPS) is 15.0. The fourth-order valence-electron chi connectivity index (χ4n) is 1.97. The molecule has 2 rings (SSSR count). The Morgan fingerprint density at radius 2 is 2.11 bits per heavy atom. The second-order valence-electron chi connectivity index (χ2n) is 4.72. The van der Waals surface area contributed by atoms with Crippen LogP contribution >= 0.6 is 0 Å². The highest BCUT2D eigenvalue weighted by molar-refractivity contribution is 5.95. The smallest absolute Gasteiger partial charge is 0.292 e. The predicted molar refractivity (Wildman–Crippen MR) is 69.3 cm³/mol. The molecule has 7 nitrogen and oxygen atoms in total. The summed E-state index contributed by atoms with van der Waals surface area (Å²) < 4.78 is 0. The Morgan fingerprint density at radius 3 is 2.58 bits per heavy atom. The zero-order valence-corrected chi connectivity index (χ0v) is 10.7. The number of carbonyl (C=O) groups excluding carboxylic acids is 1. The number of aliphatic hydroxyl groups excluding tert-OH is 1. The Kier molecular flexibility index (Phi) is 3.39. The highest BCUT2D eigenvalue weighted by Gasteiger charge is 2.30. The fraction of sp³-hybridized carbons (Fsp3) is 0.417. The molecule has 0 atom stereocenters. The molecule has 1 aromatic rings. The molecule has 0 saturated carbocycles. The molecule has 0 radical (unpaired) electrons. The van der Waals surface area contributed by atoms with E-state index in [0.717, 1.165) is 0 Å². The Balaban J connectivity index is 2.39. The maximum Gasteiger partial charge on any atom is 0.292 e. The van der Waals surface area contributed by atoms with E-state index in [2.05, 4.69) is 0 Å². The van der Waals surface area contributed by atoms with E-state index in [0.29, 0.717) is 24.3 Å². The zero-order chi connectivity index (χ0) is 14.2. The van der Waals surface area contributed by atoms with Crippen LogP contribution in [0.5, 0.6) is 0 Å². The Labute approximate surface area is 110 Å². The number of rotatable bonds is 3. The van der Waals surface area contributed by atoms with Gasteiger partial charge in [-0.25, -0.2) is 0 Å². The molecule has 0 bridgehead atoms. The quantitative estimate of drug-likeness (QED) is 0.634. The number of amides is 1. The molecule has 1 N–H and O–H groups in total. The predicted octanol–water partition coefficient (Wildman–Crippen LogP) is 0.477. The van der Waals surface area contributed by atoms with Gasteiger partial charge in [-0.2, -0.15) is 0 Å². The lowest BCUT2D eigenvalue weighted by Gasteiger charge is -2.37. The van der Waals surface area contributed by atoms with Crippen LogP contribution in [0.4, 0.5) is 11.4 Å². The van der Waals surface area contributed by atoms with Gasteiger partial charge in [0.2, 0.25) is 0 Å². The number of hydrogen-bond donors (Lipinski definition) is 1. The Hall–Kier alpha value is -2.15. The van der Waals surface area contributed by atoms with Crippen molar-refractivity contribution in [3.8, 4) is 0 Å². The summed E-state index contributed by atoms with van der Waals surface area (Å²) in [6, 6.07) is 4.28. The molecule has 7 heteroatoms. The van der Waals surface area contributed by atoms with Crippen LogP contribution in [-0.4, -0.2) is 54.1 Å². The molecule has 102 valence electrons. The molecule has 19 heavy (non-hydrogen) atoms. The number of nitro groups is 1. The van der Waals surface area contributed by atoms with Crippen LogP contribution < -0.4 is 4.90 Å². The lowest BCUT2D eigenvalue weighted by molar-refractivity contribution is -0.384. The summed E-state index contributed by atoms with van der Waals surface area (Å²) in [5.41, 5.74) is 0.720. The van der Waals surface area contributed by atoms with Gasteiger partial charge < -0.3 is 14.9 Å². The summed E-state index contributed by atoms with van der Waals surface area (Å²) in [5.74, 6) is -0.211. The van der Waals surface area contributed by atoms with Crippen molar-refractivity contribution in [3.63, 3.8) is 0 Å². The summed E-state index contributed by atoms with van der Waals surface area (Å²) in [6.45, 7) is 0.695. The van der Waals surface area contributed by atoms with Gasteiger partial charge in [0.15, 0.2) is 0 Å². The maximum absolute atomic E-state index is 11.9. The van der Waals surface area contributed by atoms with Crippen molar-refractivity contribution >= 4 is 17.3 Å². The number of carbonyl (C=O) groups is 1. The van der Waals surface area contributed by atoms with Gasteiger partial charge in [-0.1, -0.05) is 0 Å². The van der Waals surface area contributed by atoms with E-state index in [4.69, 9.17) is 0 Å². The summed E-state index contributed by atoms with van der Waals surface area (Å²) in [5, 5.41) is 20.3. The second kappa shape index (κ2) is 4.85. The Bertz CT molecular complexity index is 524. The second-order valence-corrected chi connectivity index (χ2v) is 4.72. The van der Waals surface area contributed by atoms with Crippen molar-refractivity contribution in [2.45, 2.75) is 6.10 Å². The number of aliphatic hydroxyl groups is 1. The van der Waals surface area contributed by atoms with Crippen LogP contribution in [0.15, 0.2) is 18.2 Å². The van der Waals surface area contributed by atoms with Gasteiger partial charge in [0, 0.05) is 38.8 Å². The van der Waals surface area contributed by atoms with E-state index in [-0.39, 0.29) is 11.6 Å². The fourth-order valence-corrected chi connectivity index (χ4v) is 1.97. The number of benzene rings is 1. The van der Waals surface area contributed by atoms with Crippen molar-refractivity contribution in [1.82, 2.24) is 4.90 Å². The van der Waals surface area contributed by atoms with Gasteiger partial charge in [-0.05, 0) is 12.1 Å². The van der Waals surface area contributed by atoms with E-state index in [9.17, 15) is 20.0 Å². The summed E-state index contributed by atoms with van der Waals surface area (Å²) in [6.07, 6.45) is -0.465. The number of nitro benzene ring substituents is 1. The molecule has 1 aliphatic heterocycles. The van der Waals surface area contributed by atoms with Crippen molar-refractivity contribution < 1.29 is 14.8 Å². The summed E-state index contributed by atoms with van der Waals surface area (Å²) in [7, 11) is 3.24. The standard InChI is InChI=1S/C12H15N3O4/c1-13(2)12(17)8-3-4-10(15(18)19)11(5-8)14-6-9(16)7-14/h3-5,9,16H,6-7H2,1-2H3. The molecule has 1 amide bonds. The zero-order valence-electron chi connectivity index (χ0n) is 10.7. The third kappa shape index (κ3) is 2.50. The minimum absolute atomic E-state index is 0.0535. The highest BCUT2D eigenvalue weighted by Crippen LogP contribution is 2.32. The number of anilines is 1. The van der Waals surface area contributed by atoms with Gasteiger partial charge in [-0.15, -0.1) is 0 Å². The first-order valence-corrected chi connectivity index (χ1v) is 5.83. The third-order valence-electron chi connectivity index (χ3n) is 3.03. The van der Waals surface area contributed by atoms with E-state index < -0.39 is 11.0 Å². The monoisotopic (exact) mass is 265 g/mol. The van der Waals surface area contributed by atoms with Crippen molar-refractivity contribution in [3.05, 3.63) is 33.9 Å². The minimum Gasteiger partial charge on any atom is -0.389 e. The third-order valence-corrected chi connectivity index (χ3v) is 3.03. The summed E-state index contributed by atoms with van der Waals surface area (Å²) >= 11 is 0. The molecular formula is C12H15N3O4. The maximum atomic E-state index is 11.9. The molecule has 1 aliphatic rings. The van der Waals surface area contributed by atoms with Gasteiger partial charge in [0.25, 0.3) is 11.6 Å². The van der Waals surface area contributed by atoms with Gasteiger partial charge in [0.05, 0.1) is 11.0 Å². The van der Waals surface area contributed by atoms with Crippen molar-refractivity contribution in [2.75, 3.05) is 32.1 Å². The molecule has 1 fully saturated rings. The average molecular weight is 265 g/mol. The van der Waals surface area contributed by atoms with Gasteiger partial charge >= 0.3 is 0 Å². The highest BCUT2D eigenvalue weighted by atomic mass is 16.6. The van der Waals surface area contributed by atoms with Crippen LogP contribution in [0.3, 0.4) is 0 Å². The van der Waals surface area contributed by atoms with Crippen LogP contribution in [0.25, 0.3) is 0 Å². The molecule has 1 heterocycles. The van der Waals surface area contributed by atoms with Gasteiger partial charge in [0.1, 0.15) is 5.69 Å². The molecular weight excluding hydrogens is 250 g/mol. The van der Waals surface area contributed by atoms with Crippen LogP contribution in [0, 0.1) is 10.1 Å². The first-order valence-electron chi connectivity index (χ1n) is 5.83. The first kappa shape index (κ1) is 13.3. The summed E-state index contributed by atoms with van der Waals surface area (Å²) in [4.78, 5) is 25.5. The van der Waals surface area contributed by atoms with E-state index >= 15 is 0 Å². The lowest BCUT2D eigenvalue weighted by Crippen LogP contribution is -2.51. The molecule has 0 aliphatic carbocycles. The van der Waals surface area contributed by atoms with E-state index in [1.807, 2.05) is 0 Å². The van der Waals surface area contributed by atoms with Crippen LogP contribution in [0.2, 0.25) is 0 Å². The molecule has 0 aromatic heterocycles. The first-order chi connectivity index (χ1) is 8.90. The largest absolute Gasteiger partial charge is 0.389 e. The van der Waals surface area contributed by atoms with Crippen molar-refractivity contribution in [1.29, 1.82) is 0 Å². The SMILES string of the molecule is CN(C)C(=O)c1ccc([N+](=O)[O-])c(N2CC(O)C2)c1. The molecule has 1 saturated heterocycles. The van der Waals surface area contributed by atoms with Crippen molar-refractivity contribution in [2.24, 2.45) is 0 Å². The Morgan fingerprint density at radius 1 is 1.47 bits per heavy atom. The van der Waals surface area contributed by atoms with Crippen LogP contribution in [-0.2, 0) is 0 Å². The van der Waals surface area contributed by atoms with E-state index in [1.54, 1.807) is 19.0 Å². The minimum atomic E-state index is -0.482. The number of β-amino-alcohol motifs (C(OH)–C–C–N with tert-alkyl or cyclic N) is 1.